The topological polar surface area (TPSA) is 30.5 Å². The van der Waals surface area contributed by atoms with Crippen LogP contribution in [0.25, 0.3) is 0 Å². The van der Waals surface area contributed by atoms with Crippen molar-refractivity contribution >= 4 is 0 Å². The summed E-state index contributed by atoms with van der Waals surface area (Å²) < 4.78 is 11.4. The Balaban J connectivity index is 2.44. The molecule has 0 saturated carbocycles. The van der Waals surface area contributed by atoms with E-state index in [1.165, 1.54) is 5.56 Å². The molecule has 0 heterocycles. The highest BCUT2D eigenvalue weighted by molar-refractivity contribution is 5.29. The molecule has 3 nitrogen and oxygen atoms in total. The highest BCUT2D eigenvalue weighted by atomic mass is 16.5. The number of rotatable bonds is 9. The van der Waals surface area contributed by atoms with Crippen LogP contribution in [0.2, 0.25) is 0 Å². The molecule has 1 aromatic rings. The van der Waals surface area contributed by atoms with E-state index in [0.717, 1.165) is 31.8 Å². The predicted octanol–water partition coefficient (Wildman–Crippen LogP) is 4.19. The van der Waals surface area contributed by atoms with E-state index in [4.69, 9.17) is 9.47 Å². The number of nitrogens with one attached hydrogen (secondary N) is 1. The third-order valence-corrected chi connectivity index (χ3v) is 3.38. The van der Waals surface area contributed by atoms with Gasteiger partial charge in [-0.1, -0.05) is 39.8 Å². The van der Waals surface area contributed by atoms with Crippen LogP contribution in [-0.4, -0.2) is 26.9 Å². The van der Waals surface area contributed by atoms with Crippen molar-refractivity contribution < 1.29 is 9.47 Å². The smallest absolute Gasteiger partial charge is 0.119 e. The third kappa shape index (κ3) is 7.49. The summed E-state index contributed by atoms with van der Waals surface area (Å²) >= 11 is 0. The molecule has 3 heteroatoms. The van der Waals surface area contributed by atoms with Crippen LogP contribution >= 0.6 is 0 Å². The van der Waals surface area contributed by atoms with Crippen molar-refractivity contribution in [2.24, 2.45) is 5.41 Å². The van der Waals surface area contributed by atoms with Crippen LogP contribution in [0.4, 0.5) is 0 Å². The standard InChI is InChI=1S/C18H31NO2/c1-6-12-21-16-9-7-15(8-10-16)17(19-5)14-20-13-11-18(2,3)4/h7-10,17,19H,6,11-14H2,1-5H3. The summed E-state index contributed by atoms with van der Waals surface area (Å²) in [5.41, 5.74) is 1.56. The SMILES string of the molecule is CCCOc1ccc(C(COCCC(C)(C)C)NC)cc1. The molecule has 0 radical (unpaired) electrons. The fourth-order valence-electron chi connectivity index (χ4n) is 1.94. The van der Waals surface area contributed by atoms with E-state index in [1.807, 2.05) is 19.2 Å². The van der Waals surface area contributed by atoms with Crippen LogP contribution in [0.5, 0.6) is 5.75 Å². The molecular weight excluding hydrogens is 262 g/mol. The number of hydrogen-bond donors (Lipinski definition) is 1. The lowest BCUT2D eigenvalue weighted by Crippen LogP contribution is -2.22. The van der Waals surface area contributed by atoms with Crippen LogP contribution in [0.15, 0.2) is 24.3 Å². The Morgan fingerprint density at radius 1 is 1.10 bits per heavy atom. The van der Waals surface area contributed by atoms with Crippen molar-refractivity contribution in [3.63, 3.8) is 0 Å². The van der Waals surface area contributed by atoms with Crippen molar-refractivity contribution in [3.05, 3.63) is 29.8 Å². The van der Waals surface area contributed by atoms with Gasteiger partial charge in [-0.3, -0.25) is 0 Å². The number of hydrogen-bond acceptors (Lipinski definition) is 3. The van der Waals surface area contributed by atoms with Crippen LogP contribution in [0, 0.1) is 5.41 Å². The second kappa shape index (κ2) is 9.06. The van der Waals surface area contributed by atoms with Crippen LogP contribution in [0.1, 0.15) is 52.1 Å². The van der Waals surface area contributed by atoms with Crippen molar-refractivity contribution in [2.75, 3.05) is 26.9 Å². The Morgan fingerprint density at radius 3 is 2.29 bits per heavy atom. The van der Waals surface area contributed by atoms with E-state index in [9.17, 15) is 0 Å². The summed E-state index contributed by atoms with van der Waals surface area (Å²) in [5.74, 6) is 0.934. The maximum atomic E-state index is 5.82. The zero-order chi connectivity index (χ0) is 15.7. The minimum absolute atomic E-state index is 0.227. The molecule has 0 aliphatic carbocycles. The molecule has 0 aliphatic rings. The van der Waals surface area contributed by atoms with E-state index in [-0.39, 0.29) is 6.04 Å². The van der Waals surface area contributed by atoms with E-state index in [2.05, 4.69) is 45.1 Å². The molecule has 0 amide bonds. The van der Waals surface area contributed by atoms with Gasteiger partial charge in [-0.25, -0.2) is 0 Å². The molecule has 120 valence electrons. The molecule has 0 saturated heterocycles. The summed E-state index contributed by atoms with van der Waals surface area (Å²) in [7, 11) is 1.97. The highest BCUT2D eigenvalue weighted by Crippen LogP contribution is 2.20. The van der Waals surface area contributed by atoms with E-state index >= 15 is 0 Å². The van der Waals surface area contributed by atoms with E-state index in [1.54, 1.807) is 0 Å². The molecule has 0 spiro atoms. The molecule has 21 heavy (non-hydrogen) atoms. The van der Waals surface area contributed by atoms with Crippen LogP contribution < -0.4 is 10.1 Å². The summed E-state index contributed by atoms with van der Waals surface area (Å²) in [5, 5.41) is 3.31. The first kappa shape index (κ1) is 18.0. The van der Waals surface area contributed by atoms with E-state index in [0.29, 0.717) is 12.0 Å². The number of ether oxygens (including phenoxy) is 2. The van der Waals surface area contributed by atoms with Crippen molar-refractivity contribution in [1.82, 2.24) is 5.32 Å². The normalized spacial score (nSPS) is 13.2. The Morgan fingerprint density at radius 2 is 1.76 bits per heavy atom. The van der Waals surface area contributed by atoms with Gasteiger partial charge in [0.05, 0.1) is 19.3 Å². The lowest BCUT2D eigenvalue weighted by molar-refractivity contribution is 0.0914. The fourth-order valence-corrected chi connectivity index (χ4v) is 1.94. The summed E-state index contributed by atoms with van der Waals surface area (Å²) in [6.45, 7) is 11.1. The minimum Gasteiger partial charge on any atom is -0.494 e. The predicted molar refractivity (Wildman–Crippen MR) is 88.9 cm³/mol. The van der Waals surface area contributed by atoms with Gasteiger partial charge < -0.3 is 14.8 Å². The van der Waals surface area contributed by atoms with Crippen LogP contribution in [-0.2, 0) is 4.74 Å². The minimum atomic E-state index is 0.227. The fraction of sp³-hybridized carbons (Fsp3) is 0.667. The molecule has 1 N–H and O–H groups in total. The molecule has 1 rings (SSSR count). The van der Waals surface area contributed by atoms with Gasteiger partial charge in [-0.05, 0) is 43.0 Å². The van der Waals surface area contributed by atoms with Gasteiger partial charge in [-0.15, -0.1) is 0 Å². The Bertz CT molecular complexity index is 381. The third-order valence-electron chi connectivity index (χ3n) is 3.38. The van der Waals surface area contributed by atoms with Gasteiger partial charge in [0, 0.05) is 6.61 Å². The largest absolute Gasteiger partial charge is 0.494 e. The molecule has 1 aromatic carbocycles. The number of likely N-dealkylation sites (N-methyl/N-ethyl adjacent to an activating group) is 1. The maximum absolute atomic E-state index is 5.82. The average molecular weight is 293 g/mol. The first-order chi connectivity index (χ1) is 9.96. The van der Waals surface area contributed by atoms with Gasteiger partial charge in [0.25, 0.3) is 0 Å². The Kier molecular flexibility index (Phi) is 7.76. The molecule has 1 unspecified atom stereocenters. The zero-order valence-corrected chi connectivity index (χ0v) is 14.2. The molecular formula is C18H31NO2. The molecule has 0 fully saturated rings. The number of benzene rings is 1. The first-order valence-electron chi connectivity index (χ1n) is 7.94. The lowest BCUT2D eigenvalue weighted by atomic mass is 9.93. The monoisotopic (exact) mass is 293 g/mol. The van der Waals surface area contributed by atoms with Gasteiger partial charge in [0.15, 0.2) is 0 Å². The van der Waals surface area contributed by atoms with E-state index < -0.39 is 0 Å². The molecule has 0 aliphatic heterocycles. The highest BCUT2D eigenvalue weighted by Gasteiger charge is 2.12. The first-order valence-corrected chi connectivity index (χ1v) is 7.94. The average Bonchev–Trinajstić information content (AvgIpc) is 2.45. The van der Waals surface area contributed by atoms with Crippen molar-refractivity contribution in [3.8, 4) is 5.75 Å². The van der Waals surface area contributed by atoms with Crippen molar-refractivity contribution in [1.29, 1.82) is 0 Å². The van der Waals surface area contributed by atoms with Crippen molar-refractivity contribution in [2.45, 2.75) is 46.6 Å². The van der Waals surface area contributed by atoms with Gasteiger partial charge in [0.1, 0.15) is 5.75 Å². The molecule has 1 atom stereocenters. The zero-order valence-electron chi connectivity index (χ0n) is 14.2. The summed E-state index contributed by atoms with van der Waals surface area (Å²) in [6.07, 6.45) is 2.11. The van der Waals surface area contributed by atoms with Gasteiger partial charge in [0.2, 0.25) is 0 Å². The molecule has 0 bridgehead atoms. The summed E-state index contributed by atoms with van der Waals surface area (Å²) in [6, 6.07) is 8.51. The van der Waals surface area contributed by atoms with Crippen LogP contribution in [0.3, 0.4) is 0 Å². The van der Waals surface area contributed by atoms with Gasteiger partial charge >= 0.3 is 0 Å². The Hall–Kier alpha value is -1.06. The second-order valence-corrected chi connectivity index (χ2v) is 6.64. The summed E-state index contributed by atoms with van der Waals surface area (Å²) in [4.78, 5) is 0. The Labute approximate surface area is 130 Å². The quantitative estimate of drug-likeness (QED) is 0.693. The van der Waals surface area contributed by atoms with Gasteiger partial charge in [-0.2, -0.15) is 0 Å². The molecule has 0 aromatic heterocycles. The second-order valence-electron chi connectivity index (χ2n) is 6.64. The lowest BCUT2D eigenvalue weighted by Gasteiger charge is -2.20. The maximum Gasteiger partial charge on any atom is 0.119 e.